The summed E-state index contributed by atoms with van der Waals surface area (Å²) in [6, 6.07) is 5.08. The molecule has 3 rings (SSSR count). The van der Waals surface area contributed by atoms with Crippen LogP contribution in [0.15, 0.2) is 22.9 Å². The minimum atomic E-state index is -0.213. The van der Waals surface area contributed by atoms with Gasteiger partial charge in [0.25, 0.3) is 0 Å². The van der Waals surface area contributed by atoms with Gasteiger partial charge in [-0.3, -0.25) is 0 Å². The van der Waals surface area contributed by atoms with E-state index in [2.05, 4.69) is 30.8 Å². The lowest BCUT2D eigenvalue weighted by Gasteiger charge is -2.25. The monoisotopic (exact) mass is 297 g/mol. The number of hydrogen-bond donors (Lipinski definition) is 1. The molecule has 1 N–H and O–H groups in total. The van der Waals surface area contributed by atoms with Crippen LogP contribution in [0, 0.1) is 5.82 Å². The Balaban J connectivity index is 2.13. The van der Waals surface area contributed by atoms with E-state index in [1.54, 1.807) is 12.1 Å². The zero-order chi connectivity index (χ0) is 11.8. The molecule has 1 aliphatic heterocycles. The van der Waals surface area contributed by atoms with Gasteiger partial charge in [-0.05, 0) is 53.5 Å². The normalized spacial score (nSPS) is 20.9. The first-order valence-electron chi connectivity index (χ1n) is 5.79. The molecule has 0 radical (unpaired) electrons. The van der Waals surface area contributed by atoms with Crippen molar-refractivity contribution in [1.29, 1.82) is 0 Å². The van der Waals surface area contributed by atoms with E-state index in [0.717, 1.165) is 41.7 Å². The van der Waals surface area contributed by atoms with Crippen LogP contribution in [-0.4, -0.2) is 22.6 Å². The Hall–Kier alpha value is -0.940. The highest BCUT2D eigenvalue weighted by Crippen LogP contribution is 2.28. The van der Waals surface area contributed by atoms with Gasteiger partial charge in [0.1, 0.15) is 5.82 Å². The SMILES string of the molecule is Fc1ccc2nc(Br)n(C3CCCNC3)c2c1. The van der Waals surface area contributed by atoms with Gasteiger partial charge in [0.2, 0.25) is 0 Å². The third-order valence-corrected chi connectivity index (χ3v) is 3.80. The van der Waals surface area contributed by atoms with Crippen LogP contribution in [0.25, 0.3) is 11.0 Å². The topological polar surface area (TPSA) is 29.9 Å². The molecule has 2 aromatic rings. The van der Waals surface area contributed by atoms with Crippen LogP contribution in [0.3, 0.4) is 0 Å². The maximum Gasteiger partial charge on any atom is 0.178 e. The Labute approximate surface area is 107 Å². The maximum absolute atomic E-state index is 13.3. The summed E-state index contributed by atoms with van der Waals surface area (Å²) in [4.78, 5) is 4.41. The first kappa shape index (κ1) is 11.2. The van der Waals surface area contributed by atoms with E-state index in [4.69, 9.17) is 0 Å². The molecule has 1 saturated heterocycles. The fourth-order valence-corrected chi connectivity index (χ4v) is 3.11. The Kier molecular flexibility index (Phi) is 2.88. The quantitative estimate of drug-likeness (QED) is 0.877. The van der Waals surface area contributed by atoms with Crippen LogP contribution in [0.5, 0.6) is 0 Å². The smallest absolute Gasteiger partial charge is 0.178 e. The van der Waals surface area contributed by atoms with Crippen LogP contribution in [0.2, 0.25) is 0 Å². The molecule has 3 nitrogen and oxygen atoms in total. The summed E-state index contributed by atoms with van der Waals surface area (Å²) in [6.07, 6.45) is 2.25. The van der Waals surface area contributed by atoms with Crippen molar-refractivity contribution in [3.8, 4) is 0 Å². The number of piperidine rings is 1. The van der Waals surface area contributed by atoms with Crippen molar-refractivity contribution in [2.24, 2.45) is 0 Å². The number of benzene rings is 1. The number of imidazole rings is 1. The van der Waals surface area contributed by atoms with E-state index >= 15 is 0 Å². The number of hydrogen-bond acceptors (Lipinski definition) is 2. The van der Waals surface area contributed by atoms with Crippen molar-refractivity contribution in [3.05, 3.63) is 28.7 Å². The van der Waals surface area contributed by atoms with Gasteiger partial charge in [-0.25, -0.2) is 9.37 Å². The Morgan fingerprint density at radius 2 is 2.35 bits per heavy atom. The minimum Gasteiger partial charge on any atom is -0.315 e. The molecule has 1 aliphatic rings. The summed E-state index contributed by atoms with van der Waals surface area (Å²) in [5.41, 5.74) is 1.70. The van der Waals surface area contributed by atoms with Gasteiger partial charge in [-0.15, -0.1) is 0 Å². The fraction of sp³-hybridized carbons (Fsp3) is 0.417. The van der Waals surface area contributed by atoms with Gasteiger partial charge in [0.05, 0.1) is 11.0 Å². The summed E-state index contributed by atoms with van der Waals surface area (Å²) < 4.78 is 16.2. The lowest BCUT2D eigenvalue weighted by Crippen LogP contribution is -2.31. The molecule has 1 atom stereocenters. The summed E-state index contributed by atoms with van der Waals surface area (Å²) in [6.45, 7) is 1.98. The third-order valence-electron chi connectivity index (χ3n) is 3.24. The Morgan fingerprint density at radius 3 is 3.12 bits per heavy atom. The minimum absolute atomic E-state index is 0.213. The average Bonchev–Trinajstić information content (AvgIpc) is 2.65. The van der Waals surface area contributed by atoms with Crippen molar-refractivity contribution < 1.29 is 4.39 Å². The highest BCUT2D eigenvalue weighted by molar-refractivity contribution is 9.10. The molecular formula is C12H13BrFN3. The van der Waals surface area contributed by atoms with E-state index in [0.29, 0.717) is 6.04 Å². The van der Waals surface area contributed by atoms with Gasteiger partial charge in [0, 0.05) is 12.6 Å². The molecule has 0 bridgehead atoms. The molecule has 0 amide bonds. The second-order valence-corrected chi connectivity index (χ2v) is 5.09. The van der Waals surface area contributed by atoms with Crippen molar-refractivity contribution in [2.75, 3.05) is 13.1 Å². The van der Waals surface area contributed by atoms with Crippen LogP contribution in [-0.2, 0) is 0 Å². The molecule has 1 aromatic heterocycles. The van der Waals surface area contributed by atoms with E-state index in [1.807, 2.05) is 0 Å². The summed E-state index contributed by atoms with van der Waals surface area (Å²) in [5.74, 6) is -0.213. The van der Waals surface area contributed by atoms with Crippen LogP contribution in [0.4, 0.5) is 4.39 Å². The Morgan fingerprint density at radius 1 is 1.47 bits per heavy atom. The number of rotatable bonds is 1. The second-order valence-electron chi connectivity index (χ2n) is 4.38. The van der Waals surface area contributed by atoms with Gasteiger partial charge in [-0.1, -0.05) is 0 Å². The fourth-order valence-electron chi connectivity index (χ4n) is 2.44. The number of aromatic nitrogens is 2. The van der Waals surface area contributed by atoms with Crippen LogP contribution >= 0.6 is 15.9 Å². The summed E-state index contributed by atoms with van der Waals surface area (Å²) in [7, 11) is 0. The van der Waals surface area contributed by atoms with Crippen molar-refractivity contribution in [2.45, 2.75) is 18.9 Å². The van der Waals surface area contributed by atoms with Gasteiger partial charge in [0.15, 0.2) is 4.73 Å². The zero-order valence-corrected chi connectivity index (χ0v) is 10.9. The van der Waals surface area contributed by atoms with E-state index < -0.39 is 0 Å². The van der Waals surface area contributed by atoms with Crippen molar-refractivity contribution in [1.82, 2.24) is 14.9 Å². The molecule has 1 unspecified atom stereocenters. The molecular weight excluding hydrogens is 285 g/mol. The molecule has 5 heteroatoms. The molecule has 17 heavy (non-hydrogen) atoms. The zero-order valence-electron chi connectivity index (χ0n) is 9.29. The Bertz CT molecular complexity index is 546. The van der Waals surface area contributed by atoms with Gasteiger partial charge < -0.3 is 9.88 Å². The van der Waals surface area contributed by atoms with Crippen molar-refractivity contribution in [3.63, 3.8) is 0 Å². The lowest BCUT2D eigenvalue weighted by atomic mass is 10.1. The number of halogens is 2. The second kappa shape index (κ2) is 4.38. The summed E-state index contributed by atoms with van der Waals surface area (Å²) in [5, 5.41) is 3.37. The molecule has 1 fully saturated rings. The van der Waals surface area contributed by atoms with Crippen LogP contribution < -0.4 is 5.32 Å². The predicted octanol–water partition coefficient (Wildman–Crippen LogP) is 2.86. The summed E-state index contributed by atoms with van der Waals surface area (Å²) >= 11 is 3.47. The largest absolute Gasteiger partial charge is 0.315 e. The molecule has 1 aromatic carbocycles. The van der Waals surface area contributed by atoms with Gasteiger partial charge in [-0.2, -0.15) is 0 Å². The van der Waals surface area contributed by atoms with E-state index in [-0.39, 0.29) is 5.82 Å². The molecule has 0 spiro atoms. The molecule has 90 valence electrons. The van der Waals surface area contributed by atoms with Crippen LogP contribution in [0.1, 0.15) is 18.9 Å². The predicted molar refractivity (Wildman–Crippen MR) is 68.5 cm³/mol. The average molecular weight is 298 g/mol. The first-order chi connectivity index (χ1) is 8.25. The van der Waals surface area contributed by atoms with Crippen molar-refractivity contribution >= 4 is 27.0 Å². The van der Waals surface area contributed by atoms with E-state index in [1.165, 1.54) is 6.07 Å². The highest BCUT2D eigenvalue weighted by Gasteiger charge is 2.20. The standard InChI is InChI=1S/C12H13BrFN3/c13-12-16-10-4-3-8(14)6-11(10)17(12)9-2-1-5-15-7-9/h3-4,6,9,15H,1-2,5,7H2. The number of nitrogens with one attached hydrogen (secondary N) is 1. The number of nitrogens with zero attached hydrogens (tertiary/aromatic N) is 2. The first-order valence-corrected chi connectivity index (χ1v) is 6.59. The molecule has 2 heterocycles. The van der Waals surface area contributed by atoms with E-state index in [9.17, 15) is 4.39 Å². The van der Waals surface area contributed by atoms with Gasteiger partial charge >= 0.3 is 0 Å². The molecule has 0 aliphatic carbocycles. The number of fused-ring (bicyclic) bond motifs is 1. The third kappa shape index (κ3) is 1.98. The molecule has 0 saturated carbocycles. The maximum atomic E-state index is 13.3. The lowest BCUT2D eigenvalue weighted by molar-refractivity contribution is 0.373. The highest BCUT2D eigenvalue weighted by atomic mass is 79.9.